The van der Waals surface area contributed by atoms with E-state index in [0.717, 1.165) is 5.75 Å². The minimum absolute atomic E-state index is 0.0190. The van der Waals surface area contributed by atoms with Crippen molar-refractivity contribution in [2.75, 3.05) is 18.1 Å². The molecule has 0 saturated heterocycles. The molecule has 20 heavy (non-hydrogen) atoms. The van der Waals surface area contributed by atoms with Crippen LogP contribution < -0.4 is 4.72 Å². The van der Waals surface area contributed by atoms with Gasteiger partial charge in [0.15, 0.2) is 0 Å². The first-order valence-electron chi connectivity index (χ1n) is 5.59. The molecule has 5 nitrogen and oxygen atoms in total. The summed E-state index contributed by atoms with van der Waals surface area (Å²) in [7, 11) is -3.68. The first-order valence-corrected chi connectivity index (χ1v) is 9.31. The van der Waals surface area contributed by atoms with Crippen molar-refractivity contribution in [1.82, 2.24) is 4.72 Å². The predicted molar refractivity (Wildman–Crippen MR) is 88.8 cm³/mol. The Labute approximate surface area is 136 Å². The first-order chi connectivity index (χ1) is 9.38. The number of hydrogen-bond donors (Lipinski definition) is 2. The minimum Gasteiger partial charge on any atom is -0.478 e. The lowest BCUT2D eigenvalue weighted by Gasteiger charge is -2.08. The summed E-state index contributed by atoms with van der Waals surface area (Å²) < 4.78 is 27.0. The Hall–Kier alpha value is -0.580. The van der Waals surface area contributed by atoms with Gasteiger partial charge in [-0.25, -0.2) is 17.9 Å². The van der Waals surface area contributed by atoms with E-state index < -0.39 is 16.0 Å². The van der Waals surface area contributed by atoms with E-state index in [0.29, 0.717) is 9.32 Å². The normalized spacial score (nSPS) is 11.2. The maximum absolute atomic E-state index is 12.0. The molecule has 0 spiro atoms. The zero-order valence-electron chi connectivity index (χ0n) is 10.5. The standard InChI is InChI=1S/C12H14INO4S2/c1-2-6-19-7-5-14-20(17,18)9-3-4-11(13)10(8-9)12(15)16/h2-4,8,14H,1,5-7H2,(H,15,16). The van der Waals surface area contributed by atoms with Crippen molar-refractivity contribution in [3.05, 3.63) is 40.0 Å². The smallest absolute Gasteiger partial charge is 0.336 e. The Morgan fingerprint density at radius 1 is 1.50 bits per heavy atom. The number of hydrogen-bond acceptors (Lipinski definition) is 4. The van der Waals surface area contributed by atoms with Crippen molar-refractivity contribution in [2.24, 2.45) is 0 Å². The van der Waals surface area contributed by atoms with Crippen LogP contribution in [-0.2, 0) is 10.0 Å². The van der Waals surface area contributed by atoms with Crippen molar-refractivity contribution in [3.8, 4) is 0 Å². The summed E-state index contributed by atoms with van der Waals surface area (Å²) in [4.78, 5) is 11.0. The van der Waals surface area contributed by atoms with Crippen LogP contribution in [0.1, 0.15) is 10.4 Å². The van der Waals surface area contributed by atoms with Crippen molar-refractivity contribution in [1.29, 1.82) is 0 Å². The molecule has 0 heterocycles. The molecule has 1 aromatic carbocycles. The van der Waals surface area contributed by atoms with Gasteiger partial charge in [-0.2, -0.15) is 11.8 Å². The highest BCUT2D eigenvalue weighted by Gasteiger charge is 2.17. The number of carbonyl (C=O) groups is 1. The SMILES string of the molecule is C=CCSCCNS(=O)(=O)c1ccc(I)c(C(=O)O)c1. The van der Waals surface area contributed by atoms with E-state index >= 15 is 0 Å². The molecule has 0 fully saturated rings. The molecule has 0 aliphatic rings. The van der Waals surface area contributed by atoms with Crippen molar-refractivity contribution >= 4 is 50.3 Å². The summed E-state index contributed by atoms with van der Waals surface area (Å²) in [6, 6.07) is 4.04. The third-order valence-electron chi connectivity index (χ3n) is 2.25. The summed E-state index contributed by atoms with van der Waals surface area (Å²) in [5.74, 6) is 0.239. The Kier molecular flexibility index (Phi) is 7.00. The minimum atomic E-state index is -3.68. The van der Waals surface area contributed by atoms with Crippen LogP contribution in [0.2, 0.25) is 0 Å². The molecule has 2 N–H and O–H groups in total. The molecule has 0 bridgehead atoms. The molecule has 0 aliphatic heterocycles. The maximum atomic E-state index is 12.0. The van der Waals surface area contributed by atoms with Crippen LogP contribution in [0.15, 0.2) is 35.7 Å². The first kappa shape index (κ1) is 17.5. The molecule has 1 aromatic rings. The molecule has 1 rings (SSSR count). The van der Waals surface area contributed by atoms with Crippen LogP contribution in [0.25, 0.3) is 0 Å². The molecule has 0 unspecified atom stereocenters. The van der Waals surface area contributed by atoms with Gasteiger partial charge in [-0.05, 0) is 40.8 Å². The molecule has 0 saturated carbocycles. The average molecular weight is 427 g/mol. The van der Waals surface area contributed by atoms with Gasteiger partial charge in [-0.1, -0.05) is 6.08 Å². The molecule has 0 radical (unpaired) electrons. The van der Waals surface area contributed by atoms with Gasteiger partial charge in [-0.3, -0.25) is 0 Å². The Bertz CT molecular complexity index is 601. The number of benzene rings is 1. The topological polar surface area (TPSA) is 83.5 Å². The predicted octanol–water partition coefficient (Wildman–Crippen LogP) is 2.19. The highest BCUT2D eigenvalue weighted by molar-refractivity contribution is 14.1. The summed E-state index contributed by atoms with van der Waals surface area (Å²) in [5, 5.41) is 9.00. The molecule has 0 aromatic heterocycles. The van der Waals surface area contributed by atoms with Gasteiger partial charge >= 0.3 is 5.97 Å². The lowest BCUT2D eigenvalue weighted by Crippen LogP contribution is -2.26. The Balaban J connectivity index is 2.80. The summed E-state index contributed by atoms with van der Waals surface area (Å²) in [6.45, 7) is 3.86. The quantitative estimate of drug-likeness (QED) is 0.378. The van der Waals surface area contributed by atoms with Crippen molar-refractivity contribution in [2.45, 2.75) is 4.90 Å². The molecular formula is C12H14INO4S2. The Morgan fingerprint density at radius 2 is 2.20 bits per heavy atom. The monoisotopic (exact) mass is 427 g/mol. The second-order valence-electron chi connectivity index (χ2n) is 3.71. The van der Waals surface area contributed by atoms with E-state index in [2.05, 4.69) is 11.3 Å². The van der Waals surface area contributed by atoms with Gasteiger partial charge in [0.05, 0.1) is 10.5 Å². The second-order valence-corrected chi connectivity index (χ2v) is 7.79. The molecule has 0 atom stereocenters. The summed E-state index contributed by atoms with van der Waals surface area (Å²) in [5.41, 5.74) is -0.0190. The largest absolute Gasteiger partial charge is 0.478 e. The molecule has 8 heteroatoms. The van der Waals surface area contributed by atoms with Gasteiger partial charge in [0, 0.05) is 21.6 Å². The number of thioether (sulfide) groups is 1. The highest BCUT2D eigenvalue weighted by atomic mass is 127. The van der Waals surface area contributed by atoms with E-state index in [1.165, 1.54) is 18.2 Å². The number of halogens is 1. The van der Waals surface area contributed by atoms with Gasteiger partial charge in [0.25, 0.3) is 0 Å². The number of rotatable bonds is 8. The molecule has 110 valence electrons. The lowest BCUT2D eigenvalue weighted by molar-refractivity contribution is 0.0695. The third-order valence-corrected chi connectivity index (χ3v) is 5.62. The second kappa shape index (κ2) is 8.01. The van der Waals surface area contributed by atoms with Gasteiger partial charge in [-0.15, -0.1) is 6.58 Å². The Morgan fingerprint density at radius 3 is 2.80 bits per heavy atom. The summed E-state index contributed by atoms with van der Waals surface area (Å²) >= 11 is 3.41. The van der Waals surface area contributed by atoms with Gasteiger partial charge in [0.1, 0.15) is 0 Å². The fourth-order valence-corrected chi connectivity index (χ4v) is 3.67. The van der Waals surface area contributed by atoms with Crippen LogP contribution in [0.3, 0.4) is 0 Å². The highest BCUT2D eigenvalue weighted by Crippen LogP contribution is 2.18. The number of sulfonamides is 1. The summed E-state index contributed by atoms with van der Waals surface area (Å²) in [6.07, 6.45) is 1.75. The fraction of sp³-hybridized carbons (Fsp3) is 0.250. The number of nitrogens with one attached hydrogen (secondary N) is 1. The van der Waals surface area contributed by atoms with Crippen molar-refractivity contribution in [3.63, 3.8) is 0 Å². The average Bonchev–Trinajstić information content (AvgIpc) is 2.38. The molecule has 0 amide bonds. The number of carboxylic acids is 1. The number of aromatic carboxylic acids is 1. The maximum Gasteiger partial charge on any atom is 0.336 e. The molecular weight excluding hydrogens is 413 g/mol. The van der Waals surface area contributed by atoms with Crippen LogP contribution >= 0.6 is 34.4 Å². The van der Waals surface area contributed by atoms with Gasteiger partial charge < -0.3 is 5.11 Å². The van der Waals surface area contributed by atoms with E-state index in [9.17, 15) is 13.2 Å². The van der Waals surface area contributed by atoms with E-state index in [-0.39, 0.29) is 17.0 Å². The lowest BCUT2D eigenvalue weighted by atomic mass is 10.2. The zero-order valence-corrected chi connectivity index (χ0v) is 14.3. The van der Waals surface area contributed by atoms with E-state index in [4.69, 9.17) is 5.11 Å². The van der Waals surface area contributed by atoms with Crippen LogP contribution in [0.4, 0.5) is 0 Å². The fourth-order valence-electron chi connectivity index (χ4n) is 1.33. The zero-order chi connectivity index (χ0) is 15.2. The van der Waals surface area contributed by atoms with E-state index in [1.807, 2.05) is 22.6 Å². The third kappa shape index (κ3) is 5.08. The van der Waals surface area contributed by atoms with Crippen LogP contribution in [0, 0.1) is 3.57 Å². The van der Waals surface area contributed by atoms with Crippen LogP contribution in [-0.4, -0.2) is 37.5 Å². The van der Waals surface area contributed by atoms with E-state index in [1.54, 1.807) is 17.8 Å². The number of carboxylic acid groups (broad SMARTS) is 1. The molecule has 0 aliphatic carbocycles. The van der Waals surface area contributed by atoms with Crippen molar-refractivity contribution < 1.29 is 18.3 Å². The van der Waals surface area contributed by atoms with Crippen LogP contribution in [0.5, 0.6) is 0 Å². The van der Waals surface area contributed by atoms with Gasteiger partial charge in [0.2, 0.25) is 10.0 Å².